The fourth-order valence-electron chi connectivity index (χ4n) is 1.61. The number of amides is 1. The topological polar surface area (TPSA) is 83.5 Å². The quantitative estimate of drug-likeness (QED) is 0.776. The summed E-state index contributed by atoms with van der Waals surface area (Å²) in [6.07, 6.45) is 1.46. The molecule has 0 unspecified atom stereocenters. The molecule has 0 atom stereocenters. The zero-order valence-electron chi connectivity index (χ0n) is 12.1. The number of aliphatic hydroxyl groups excluding tert-OH is 1. The summed E-state index contributed by atoms with van der Waals surface area (Å²) in [4.78, 5) is 12.1. The molecule has 0 aliphatic carbocycles. The van der Waals surface area contributed by atoms with E-state index >= 15 is 0 Å². The highest BCUT2D eigenvalue weighted by molar-refractivity contribution is 7.90. The lowest BCUT2D eigenvalue weighted by Gasteiger charge is -2.07. The van der Waals surface area contributed by atoms with Crippen molar-refractivity contribution in [3.63, 3.8) is 0 Å². The molecule has 0 aliphatic rings. The summed E-state index contributed by atoms with van der Waals surface area (Å²) in [7, 11) is -3.11. The summed E-state index contributed by atoms with van der Waals surface area (Å²) in [5.74, 6) is 5.16. The maximum absolute atomic E-state index is 12.1. The van der Waals surface area contributed by atoms with Gasteiger partial charge in [0.05, 0.1) is 17.9 Å². The van der Waals surface area contributed by atoms with Gasteiger partial charge < -0.3 is 10.4 Å². The molecule has 0 fully saturated rings. The fourth-order valence-corrected chi connectivity index (χ4v) is 2.09. The number of sulfone groups is 1. The van der Waals surface area contributed by atoms with E-state index in [1.54, 1.807) is 12.1 Å². The number of aliphatic hydroxyl groups is 1. The van der Waals surface area contributed by atoms with E-state index in [1.165, 1.54) is 0 Å². The minimum Gasteiger partial charge on any atom is -0.395 e. The lowest BCUT2D eigenvalue weighted by atomic mass is 10.0. The first-order valence-corrected chi connectivity index (χ1v) is 8.56. The van der Waals surface area contributed by atoms with Gasteiger partial charge in [0.15, 0.2) is 0 Å². The number of hydrogen-bond donors (Lipinski definition) is 2. The fraction of sp³-hybridized carbons (Fsp3) is 0.400. The molecule has 0 radical (unpaired) electrons. The summed E-state index contributed by atoms with van der Waals surface area (Å²) in [5.41, 5.74) is 1.89. The van der Waals surface area contributed by atoms with E-state index in [0.29, 0.717) is 17.5 Å². The predicted molar refractivity (Wildman–Crippen MR) is 81.8 cm³/mol. The molecule has 0 bridgehead atoms. The van der Waals surface area contributed by atoms with E-state index < -0.39 is 9.84 Å². The van der Waals surface area contributed by atoms with Crippen molar-refractivity contribution in [1.82, 2.24) is 5.32 Å². The Hall–Kier alpha value is -1.84. The van der Waals surface area contributed by atoms with Crippen molar-refractivity contribution in [2.45, 2.75) is 13.3 Å². The number of aryl methyl sites for hydroxylation is 1. The molecule has 114 valence electrons. The second-order valence-corrected chi connectivity index (χ2v) is 6.97. The van der Waals surface area contributed by atoms with E-state index in [4.69, 9.17) is 5.11 Å². The van der Waals surface area contributed by atoms with Crippen LogP contribution in [0.2, 0.25) is 0 Å². The van der Waals surface area contributed by atoms with Gasteiger partial charge in [-0.05, 0) is 19.1 Å². The van der Waals surface area contributed by atoms with Gasteiger partial charge in [-0.25, -0.2) is 8.42 Å². The summed E-state index contributed by atoms with van der Waals surface area (Å²) in [6.45, 7) is 1.89. The lowest BCUT2D eigenvalue weighted by Crippen LogP contribution is -2.29. The van der Waals surface area contributed by atoms with Crippen molar-refractivity contribution in [3.05, 3.63) is 34.9 Å². The van der Waals surface area contributed by atoms with Crippen molar-refractivity contribution in [3.8, 4) is 11.8 Å². The average molecular weight is 309 g/mol. The Morgan fingerprint density at radius 1 is 1.38 bits per heavy atom. The van der Waals surface area contributed by atoms with Gasteiger partial charge in [-0.2, -0.15) is 0 Å². The van der Waals surface area contributed by atoms with Crippen LogP contribution < -0.4 is 5.32 Å². The maximum atomic E-state index is 12.1. The second-order valence-electron chi connectivity index (χ2n) is 4.71. The van der Waals surface area contributed by atoms with Crippen LogP contribution in [0.5, 0.6) is 0 Å². The molecule has 0 heterocycles. The SMILES string of the molecule is Cc1ccc(C#CCCO)c(C(=O)NCCS(C)(=O)=O)c1. The molecular formula is C15H19NO4S. The number of benzene rings is 1. The van der Waals surface area contributed by atoms with E-state index in [-0.39, 0.29) is 24.8 Å². The first kappa shape index (κ1) is 17.2. The Morgan fingerprint density at radius 3 is 2.71 bits per heavy atom. The highest BCUT2D eigenvalue weighted by Crippen LogP contribution is 2.11. The smallest absolute Gasteiger partial charge is 0.252 e. The highest BCUT2D eigenvalue weighted by atomic mass is 32.2. The predicted octanol–water partition coefficient (Wildman–Crippen LogP) is 0.503. The molecule has 6 heteroatoms. The summed E-state index contributed by atoms with van der Waals surface area (Å²) >= 11 is 0. The van der Waals surface area contributed by atoms with Crippen LogP contribution in [0.15, 0.2) is 18.2 Å². The monoisotopic (exact) mass is 309 g/mol. The molecule has 1 aromatic rings. The number of carbonyl (C=O) groups excluding carboxylic acids is 1. The molecule has 1 aromatic carbocycles. The molecule has 5 nitrogen and oxygen atoms in total. The van der Waals surface area contributed by atoms with Crippen LogP contribution in [-0.4, -0.2) is 44.6 Å². The van der Waals surface area contributed by atoms with Crippen molar-refractivity contribution >= 4 is 15.7 Å². The van der Waals surface area contributed by atoms with Crippen LogP contribution in [-0.2, 0) is 9.84 Å². The van der Waals surface area contributed by atoms with Gasteiger partial charge in [-0.3, -0.25) is 4.79 Å². The molecule has 0 aliphatic heterocycles. The van der Waals surface area contributed by atoms with Gasteiger partial charge in [-0.15, -0.1) is 0 Å². The highest BCUT2D eigenvalue weighted by Gasteiger charge is 2.11. The largest absolute Gasteiger partial charge is 0.395 e. The molecule has 0 spiro atoms. The van der Waals surface area contributed by atoms with E-state index in [0.717, 1.165) is 11.8 Å². The van der Waals surface area contributed by atoms with Gasteiger partial charge in [0.25, 0.3) is 5.91 Å². The maximum Gasteiger partial charge on any atom is 0.252 e. The summed E-state index contributed by atoms with van der Waals surface area (Å²) in [5, 5.41) is 11.3. The van der Waals surface area contributed by atoms with E-state index in [2.05, 4.69) is 17.2 Å². The van der Waals surface area contributed by atoms with Gasteiger partial charge in [0.1, 0.15) is 9.84 Å². The van der Waals surface area contributed by atoms with Gasteiger partial charge in [0.2, 0.25) is 0 Å². The zero-order chi connectivity index (χ0) is 15.9. The van der Waals surface area contributed by atoms with Gasteiger partial charge in [-0.1, -0.05) is 23.5 Å². The normalized spacial score (nSPS) is 10.6. The second kappa shape index (κ2) is 7.81. The first-order valence-electron chi connectivity index (χ1n) is 6.50. The molecule has 2 N–H and O–H groups in total. The van der Waals surface area contributed by atoms with Crippen LogP contribution in [0.1, 0.15) is 27.9 Å². The minimum atomic E-state index is -3.11. The number of hydrogen-bond acceptors (Lipinski definition) is 4. The van der Waals surface area contributed by atoms with E-state index in [1.807, 2.05) is 13.0 Å². The molecule has 0 aromatic heterocycles. The Kier molecular flexibility index (Phi) is 6.40. The molecule has 0 saturated heterocycles. The Labute approximate surface area is 125 Å². The van der Waals surface area contributed by atoms with Crippen LogP contribution in [0.3, 0.4) is 0 Å². The Morgan fingerprint density at radius 2 is 2.10 bits per heavy atom. The van der Waals surface area contributed by atoms with Gasteiger partial charge in [0, 0.05) is 24.8 Å². The van der Waals surface area contributed by atoms with Crippen LogP contribution in [0.25, 0.3) is 0 Å². The Balaban J connectivity index is 2.87. The molecule has 1 rings (SSSR count). The molecule has 21 heavy (non-hydrogen) atoms. The lowest BCUT2D eigenvalue weighted by molar-refractivity contribution is 0.0956. The molecular weight excluding hydrogens is 290 g/mol. The van der Waals surface area contributed by atoms with Crippen LogP contribution >= 0.6 is 0 Å². The zero-order valence-corrected chi connectivity index (χ0v) is 13.0. The standard InChI is InChI=1S/C15H19NO4S/c1-12-6-7-13(5-3-4-9-17)14(11-12)15(18)16-8-10-21(2,19)20/h6-7,11,17H,4,8-10H2,1-2H3,(H,16,18). The van der Waals surface area contributed by atoms with Crippen molar-refractivity contribution in [2.75, 3.05) is 25.2 Å². The number of rotatable bonds is 5. The first-order chi connectivity index (χ1) is 9.83. The van der Waals surface area contributed by atoms with Crippen LogP contribution in [0, 0.1) is 18.8 Å². The van der Waals surface area contributed by atoms with Crippen LogP contribution in [0.4, 0.5) is 0 Å². The van der Waals surface area contributed by atoms with E-state index in [9.17, 15) is 13.2 Å². The van der Waals surface area contributed by atoms with Gasteiger partial charge >= 0.3 is 0 Å². The Bertz CT molecular complexity index is 669. The third-order valence-corrected chi connectivity index (χ3v) is 3.58. The summed E-state index contributed by atoms with van der Waals surface area (Å²) in [6, 6.07) is 5.29. The minimum absolute atomic E-state index is 0.0330. The number of nitrogens with one attached hydrogen (secondary N) is 1. The summed E-state index contributed by atoms with van der Waals surface area (Å²) < 4.78 is 22.1. The number of carbonyl (C=O) groups is 1. The third-order valence-electron chi connectivity index (χ3n) is 2.64. The average Bonchev–Trinajstić information content (AvgIpc) is 2.39. The van der Waals surface area contributed by atoms with Crippen molar-refractivity contribution in [1.29, 1.82) is 0 Å². The third kappa shape index (κ3) is 6.43. The van der Waals surface area contributed by atoms with Crippen molar-refractivity contribution < 1.29 is 18.3 Å². The molecule has 0 saturated carbocycles. The van der Waals surface area contributed by atoms with Crippen molar-refractivity contribution in [2.24, 2.45) is 0 Å². The molecule has 1 amide bonds.